The zero-order chi connectivity index (χ0) is 13.1. The quantitative estimate of drug-likeness (QED) is 0.331. The minimum atomic E-state index is 0. The van der Waals surface area contributed by atoms with Gasteiger partial charge in [0.1, 0.15) is 0 Å². The lowest BCUT2D eigenvalue weighted by atomic mass is 10.0. The van der Waals surface area contributed by atoms with Crippen molar-refractivity contribution in [1.29, 1.82) is 0 Å². The van der Waals surface area contributed by atoms with Crippen LogP contribution in [0.4, 0.5) is 0 Å². The van der Waals surface area contributed by atoms with E-state index in [1.54, 1.807) is 0 Å². The molecule has 4 N–H and O–H groups in total. The van der Waals surface area contributed by atoms with Crippen LogP contribution >= 0.6 is 24.0 Å². The fourth-order valence-corrected chi connectivity index (χ4v) is 1.69. The van der Waals surface area contributed by atoms with Crippen LogP contribution in [0.5, 0.6) is 0 Å². The van der Waals surface area contributed by atoms with Crippen molar-refractivity contribution in [2.75, 3.05) is 19.7 Å². The van der Waals surface area contributed by atoms with Crippen LogP contribution in [0.3, 0.4) is 0 Å². The van der Waals surface area contributed by atoms with E-state index in [1.807, 2.05) is 0 Å². The summed E-state index contributed by atoms with van der Waals surface area (Å²) in [4.78, 5) is 4.33. The molecule has 0 rings (SSSR count). The molecule has 0 aliphatic heterocycles. The Kier molecular flexibility index (Phi) is 15.1. The third kappa shape index (κ3) is 12.4. The van der Waals surface area contributed by atoms with Crippen molar-refractivity contribution in [3.8, 4) is 0 Å². The second-order valence-corrected chi connectivity index (χ2v) is 5.00. The number of nitrogens with two attached hydrogens (primary N) is 1. The molecule has 1 atom stereocenters. The Hall–Kier alpha value is -0.0400. The molecule has 0 aliphatic carbocycles. The smallest absolute Gasteiger partial charge is 0.188 e. The van der Waals surface area contributed by atoms with Crippen molar-refractivity contribution in [2.45, 2.75) is 46.5 Å². The summed E-state index contributed by atoms with van der Waals surface area (Å²) in [5.74, 6) is 1.66. The zero-order valence-electron chi connectivity index (χ0n) is 12.0. The van der Waals surface area contributed by atoms with Crippen molar-refractivity contribution >= 4 is 29.9 Å². The first-order chi connectivity index (χ1) is 8.10. The third-order valence-electron chi connectivity index (χ3n) is 2.78. The van der Waals surface area contributed by atoms with E-state index in [-0.39, 0.29) is 30.6 Å². The summed E-state index contributed by atoms with van der Waals surface area (Å²) in [5, 5.41) is 12.1. The highest BCUT2D eigenvalue weighted by Gasteiger charge is 2.06. The Bertz CT molecular complexity index is 204. The number of aliphatic hydroxyl groups excluding tert-OH is 1. The Balaban J connectivity index is 0. The second kappa shape index (κ2) is 13.4. The standard InChI is InChI=1S/C13H29N3O.HI/c1-4-5-12(7-9-17)10-16-13(14)15-8-6-11(2)3;/h11-12,17H,4-10H2,1-3H3,(H3,14,15,16);1H. The molecule has 0 saturated heterocycles. The lowest BCUT2D eigenvalue weighted by Gasteiger charge is -2.13. The van der Waals surface area contributed by atoms with Crippen molar-refractivity contribution in [2.24, 2.45) is 22.6 Å². The van der Waals surface area contributed by atoms with Crippen LogP contribution in [-0.4, -0.2) is 30.8 Å². The van der Waals surface area contributed by atoms with Crippen LogP contribution < -0.4 is 11.1 Å². The average Bonchev–Trinajstić information content (AvgIpc) is 2.26. The Morgan fingerprint density at radius 2 is 1.94 bits per heavy atom. The number of aliphatic imine (C=N–C) groups is 1. The Labute approximate surface area is 129 Å². The second-order valence-electron chi connectivity index (χ2n) is 5.00. The van der Waals surface area contributed by atoms with Gasteiger partial charge >= 0.3 is 0 Å². The van der Waals surface area contributed by atoms with Gasteiger partial charge in [-0.2, -0.15) is 0 Å². The normalized spacial score (nSPS) is 13.3. The Morgan fingerprint density at radius 3 is 2.44 bits per heavy atom. The molecule has 18 heavy (non-hydrogen) atoms. The molecule has 0 heterocycles. The van der Waals surface area contributed by atoms with Crippen molar-refractivity contribution in [1.82, 2.24) is 5.32 Å². The molecule has 0 saturated carbocycles. The topological polar surface area (TPSA) is 70.6 Å². The highest BCUT2D eigenvalue weighted by Crippen LogP contribution is 2.10. The van der Waals surface area contributed by atoms with Gasteiger partial charge in [-0.05, 0) is 31.1 Å². The summed E-state index contributed by atoms with van der Waals surface area (Å²) in [7, 11) is 0. The number of hydrogen-bond donors (Lipinski definition) is 3. The number of guanidine groups is 1. The highest BCUT2D eigenvalue weighted by atomic mass is 127. The predicted molar refractivity (Wildman–Crippen MR) is 89.5 cm³/mol. The number of aliphatic hydroxyl groups is 1. The maximum Gasteiger partial charge on any atom is 0.188 e. The summed E-state index contributed by atoms with van der Waals surface area (Å²) in [6.07, 6.45) is 4.14. The maximum atomic E-state index is 8.94. The minimum Gasteiger partial charge on any atom is -0.396 e. The molecule has 0 spiro atoms. The van der Waals surface area contributed by atoms with Crippen LogP contribution in [-0.2, 0) is 0 Å². The predicted octanol–water partition coefficient (Wildman–Crippen LogP) is 2.35. The largest absolute Gasteiger partial charge is 0.396 e. The number of nitrogens with one attached hydrogen (secondary N) is 1. The lowest BCUT2D eigenvalue weighted by Crippen LogP contribution is -2.33. The minimum absolute atomic E-state index is 0. The summed E-state index contributed by atoms with van der Waals surface area (Å²) in [5.41, 5.74) is 5.78. The van der Waals surface area contributed by atoms with Crippen LogP contribution in [0, 0.1) is 11.8 Å². The van der Waals surface area contributed by atoms with Gasteiger partial charge in [-0.25, -0.2) is 0 Å². The van der Waals surface area contributed by atoms with E-state index in [0.29, 0.717) is 17.8 Å². The van der Waals surface area contributed by atoms with Crippen LogP contribution in [0.1, 0.15) is 46.5 Å². The first-order valence-electron chi connectivity index (χ1n) is 6.74. The molecule has 0 aliphatic rings. The van der Waals surface area contributed by atoms with E-state index >= 15 is 0 Å². The summed E-state index contributed by atoms with van der Waals surface area (Å²) in [6.45, 7) is 8.36. The Morgan fingerprint density at radius 1 is 1.28 bits per heavy atom. The molecule has 5 heteroatoms. The molecular weight excluding hydrogens is 341 g/mol. The van der Waals surface area contributed by atoms with Gasteiger partial charge in [-0.1, -0.05) is 27.2 Å². The molecule has 1 unspecified atom stereocenters. The van der Waals surface area contributed by atoms with Gasteiger partial charge in [0.25, 0.3) is 0 Å². The molecule has 0 bridgehead atoms. The van der Waals surface area contributed by atoms with Crippen LogP contribution in [0.15, 0.2) is 4.99 Å². The van der Waals surface area contributed by atoms with Gasteiger partial charge in [0.2, 0.25) is 0 Å². The lowest BCUT2D eigenvalue weighted by molar-refractivity contribution is 0.253. The number of rotatable bonds is 9. The van der Waals surface area contributed by atoms with E-state index < -0.39 is 0 Å². The van der Waals surface area contributed by atoms with Crippen LogP contribution in [0.25, 0.3) is 0 Å². The van der Waals surface area contributed by atoms with Gasteiger partial charge in [-0.3, -0.25) is 4.99 Å². The van der Waals surface area contributed by atoms with Crippen molar-refractivity contribution in [3.05, 3.63) is 0 Å². The zero-order valence-corrected chi connectivity index (χ0v) is 14.3. The van der Waals surface area contributed by atoms with E-state index in [0.717, 1.165) is 38.8 Å². The maximum absolute atomic E-state index is 8.94. The molecule has 0 fully saturated rings. The summed E-state index contributed by atoms with van der Waals surface area (Å²) < 4.78 is 0. The van der Waals surface area contributed by atoms with Crippen LogP contribution in [0.2, 0.25) is 0 Å². The molecule has 110 valence electrons. The fourth-order valence-electron chi connectivity index (χ4n) is 1.69. The first-order valence-corrected chi connectivity index (χ1v) is 6.74. The molecule has 0 aromatic rings. The third-order valence-corrected chi connectivity index (χ3v) is 2.78. The SMILES string of the molecule is CCCC(CCO)CN=C(N)NCCC(C)C.I. The van der Waals surface area contributed by atoms with Gasteiger partial charge in [-0.15, -0.1) is 24.0 Å². The van der Waals surface area contributed by atoms with Crippen molar-refractivity contribution in [3.63, 3.8) is 0 Å². The molecule has 4 nitrogen and oxygen atoms in total. The molecule has 0 radical (unpaired) electrons. The summed E-state index contributed by atoms with van der Waals surface area (Å²) >= 11 is 0. The van der Waals surface area contributed by atoms with E-state index in [2.05, 4.69) is 31.1 Å². The summed E-state index contributed by atoms with van der Waals surface area (Å²) in [6, 6.07) is 0. The molecule has 0 aromatic carbocycles. The monoisotopic (exact) mass is 371 g/mol. The molecule has 0 amide bonds. The molecular formula is C13H30IN3O. The number of nitrogens with zero attached hydrogens (tertiary/aromatic N) is 1. The molecule has 0 aromatic heterocycles. The first kappa shape index (κ1) is 20.3. The van der Waals surface area contributed by atoms with E-state index in [1.165, 1.54) is 0 Å². The van der Waals surface area contributed by atoms with Gasteiger partial charge in [0, 0.05) is 19.7 Å². The number of hydrogen-bond acceptors (Lipinski definition) is 2. The van der Waals surface area contributed by atoms with Gasteiger partial charge < -0.3 is 16.2 Å². The van der Waals surface area contributed by atoms with Crippen molar-refractivity contribution < 1.29 is 5.11 Å². The van der Waals surface area contributed by atoms with E-state index in [4.69, 9.17) is 10.8 Å². The highest BCUT2D eigenvalue weighted by molar-refractivity contribution is 14.0. The van der Waals surface area contributed by atoms with E-state index in [9.17, 15) is 0 Å². The van der Waals surface area contributed by atoms with Gasteiger partial charge in [0.15, 0.2) is 5.96 Å². The number of halogens is 1. The fraction of sp³-hybridized carbons (Fsp3) is 0.923. The average molecular weight is 371 g/mol. The van der Waals surface area contributed by atoms with Gasteiger partial charge in [0.05, 0.1) is 0 Å².